The molecule has 1 heterocycles. The summed E-state index contributed by atoms with van der Waals surface area (Å²) in [7, 11) is 3.30. The van der Waals surface area contributed by atoms with Gasteiger partial charge in [0.15, 0.2) is 0 Å². The average molecular weight is 322 g/mol. The van der Waals surface area contributed by atoms with Gasteiger partial charge in [0.05, 0.1) is 19.1 Å². The van der Waals surface area contributed by atoms with Gasteiger partial charge >= 0.3 is 5.97 Å². The molecule has 1 N–H and O–H groups in total. The fourth-order valence-electron chi connectivity index (χ4n) is 2.75. The number of nitrogens with zero attached hydrogens (tertiary/aromatic N) is 1. The van der Waals surface area contributed by atoms with Crippen LogP contribution in [-0.2, 0) is 23.0 Å². The summed E-state index contributed by atoms with van der Waals surface area (Å²) < 4.78 is 6.67. The van der Waals surface area contributed by atoms with E-state index in [4.69, 9.17) is 0 Å². The van der Waals surface area contributed by atoms with Gasteiger partial charge in [0, 0.05) is 29.8 Å². The van der Waals surface area contributed by atoms with Crippen LogP contribution in [0.5, 0.6) is 0 Å². The number of aryl methyl sites for hydroxylation is 1. The van der Waals surface area contributed by atoms with Crippen LogP contribution in [0.3, 0.4) is 0 Å². The number of benzene rings is 2. The number of hydrogen-bond donors (Lipinski definition) is 1. The number of ether oxygens (including phenoxy) is 1. The summed E-state index contributed by atoms with van der Waals surface area (Å²) >= 11 is 0. The Morgan fingerprint density at radius 3 is 2.50 bits per heavy atom. The number of nitrogens with one attached hydrogen (secondary N) is 1. The molecule has 5 heteroatoms. The van der Waals surface area contributed by atoms with E-state index in [2.05, 4.69) is 10.1 Å². The van der Waals surface area contributed by atoms with E-state index in [-0.39, 0.29) is 5.91 Å². The lowest BCUT2D eigenvalue weighted by Gasteiger charge is -2.06. The Morgan fingerprint density at radius 1 is 1.08 bits per heavy atom. The van der Waals surface area contributed by atoms with Crippen molar-refractivity contribution >= 4 is 28.5 Å². The minimum absolute atomic E-state index is 0.0998. The predicted octanol–water partition coefficient (Wildman–Crippen LogP) is 3.15. The molecule has 0 aliphatic rings. The quantitative estimate of drug-likeness (QED) is 0.751. The number of esters is 1. The maximum absolute atomic E-state index is 12.3. The van der Waals surface area contributed by atoms with Crippen molar-refractivity contribution in [3.63, 3.8) is 0 Å². The maximum atomic E-state index is 12.3. The van der Waals surface area contributed by atoms with Crippen molar-refractivity contribution in [2.24, 2.45) is 7.05 Å². The highest BCUT2D eigenvalue weighted by atomic mass is 16.5. The molecule has 0 saturated heterocycles. The highest BCUT2D eigenvalue weighted by Gasteiger charge is 2.11. The first-order valence-corrected chi connectivity index (χ1v) is 7.59. The monoisotopic (exact) mass is 322 g/mol. The predicted molar refractivity (Wildman–Crippen MR) is 93.0 cm³/mol. The van der Waals surface area contributed by atoms with E-state index in [9.17, 15) is 9.59 Å². The van der Waals surface area contributed by atoms with Crippen LogP contribution in [0.2, 0.25) is 0 Å². The van der Waals surface area contributed by atoms with Crippen LogP contribution >= 0.6 is 0 Å². The molecule has 0 aliphatic carbocycles. The Kier molecular flexibility index (Phi) is 4.33. The second-order valence-corrected chi connectivity index (χ2v) is 5.58. The summed E-state index contributed by atoms with van der Waals surface area (Å²) in [6.45, 7) is 0. The molecule has 0 atom stereocenters. The van der Waals surface area contributed by atoms with Gasteiger partial charge in [-0.1, -0.05) is 18.2 Å². The van der Waals surface area contributed by atoms with Gasteiger partial charge in [0.2, 0.25) is 5.91 Å². The lowest BCUT2D eigenvalue weighted by molar-refractivity contribution is -0.115. The largest absolute Gasteiger partial charge is 0.465 e. The van der Waals surface area contributed by atoms with E-state index >= 15 is 0 Å². The second kappa shape index (κ2) is 6.58. The van der Waals surface area contributed by atoms with Gasteiger partial charge in [-0.25, -0.2) is 4.79 Å². The molecule has 0 spiro atoms. The Bertz CT molecular complexity index is 895. The van der Waals surface area contributed by atoms with Crippen LogP contribution in [0.4, 0.5) is 5.69 Å². The molecule has 0 aliphatic heterocycles. The first-order chi connectivity index (χ1) is 11.6. The molecule has 1 aromatic heterocycles. The van der Waals surface area contributed by atoms with Crippen molar-refractivity contribution in [1.29, 1.82) is 0 Å². The fraction of sp³-hybridized carbons (Fsp3) is 0.158. The zero-order chi connectivity index (χ0) is 17.1. The van der Waals surface area contributed by atoms with Crippen molar-refractivity contribution in [1.82, 2.24) is 4.57 Å². The Morgan fingerprint density at radius 2 is 1.79 bits per heavy atom. The number of carbonyl (C=O) groups is 2. The van der Waals surface area contributed by atoms with Gasteiger partial charge in [0.1, 0.15) is 0 Å². The molecule has 0 radical (unpaired) electrons. The second-order valence-electron chi connectivity index (χ2n) is 5.58. The minimum atomic E-state index is -0.399. The Balaban J connectivity index is 1.72. The van der Waals surface area contributed by atoms with Crippen LogP contribution in [0.1, 0.15) is 15.9 Å². The van der Waals surface area contributed by atoms with E-state index < -0.39 is 5.97 Å². The lowest BCUT2D eigenvalue weighted by atomic mass is 10.1. The molecule has 0 fully saturated rings. The molecular formula is C19H18N2O3. The summed E-state index contributed by atoms with van der Waals surface area (Å²) in [6, 6.07) is 14.6. The summed E-state index contributed by atoms with van der Waals surface area (Å²) in [5, 5.41) is 3.93. The Hall–Kier alpha value is -3.08. The fourth-order valence-corrected chi connectivity index (χ4v) is 2.75. The number of hydrogen-bond acceptors (Lipinski definition) is 3. The molecule has 0 bridgehead atoms. The number of aromatic nitrogens is 1. The van der Waals surface area contributed by atoms with Gasteiger partial charge in [-0.3, -0.25) is 4.79 Å². The van der Waals surface area contributed by atoms with Gasteiger partial charge in [-0.05, 0) is 35.9 Å². The third-order valence-corrected chi connectivity index (χ3v) is 3.92. The van der Waals surface area contributed by atoms with Gasteiger partial charge in [-0.2, -0.15) is 0 Å². The van der Waals surface area contributed by atoms with Crippen molar-refractivity contribution in [2.75, 3.05) is 12.4 Å². The molecule has 2 aromatic carbocycles. The maximum Gasteiger partial charge on any atom is 0.337 e. The van der Waals surface area contributed by atoms with E-state index in [1.165, 1.54) is 7.11 Å². The van der Waals surface area contributed by atoms with Gasteiger partial charge in [0.25, 0.3) is 0 Å². The molecule has 24 heavy (non-hydrogen) atoms. The highest BCUT2D eigenvalue weighted by molar-refractivity contribution is 5.96. The SMILES string of the molecule is COC(=O)c1ccc(NC(=O)Cc2cn(C)c3ccccc23)cc1. The zero-order valence-corrected chi connectivity index (χ0v) is 13.6. The van der Waals surface area contributed by atoms with E-state index in [0.717, 1.165) is 16.5 Å². The number of rotatable bonds is 4. The lowest BCUT2D eigenvalue weighted by Crippen LogP contribution is -2.14. The van der Waals surface area contributed by atoms with Crippen molar-refractivity contribution in [2.45, 2.75) is 6.42 Å². The van der Waals surface area contributed by atoms with E-state index in [0.29, 0.717) is 17.7 Å². The van der Waals surface area contributed by atoms with Crippen LogP contribution in [0, 0.1) is 0 Å². The number of para-hydroxylation sites is 1. The molecular weight excluding hydrogens is 304 g/mol. The molecule has 0 saturated carbocycles. The topological polar surface area (TPSA) is 60.3 Å². The average Bonchev–Trinajstić information content (AvgIpc) is 2.91. The molecule has 1 amide bonds. The summed E-state index contributed by atoms with van der Waals surface area (Å²) in [4.78, 5) is 23.7. The summed E-state index contributed by atoms with van der Waals surface area (Å²) in [6.07, 6.45) is 2.27. The van der Waals surface area contributed by atoms with Crippen LogP contribution < -0.4 is 5.32 Å². The van der Waals surface area contributed by atoms with Crippen LogP contribution in [-0.4, -0.2) is 23.6 Å². The molecule has 5 nitrogen and oxygen atoms in total. The minimum Gasteiger partial charge on any atom is -0.465 e. The van der Waals surface area contributed by atoms with Crippen molar-refractivity contribution < 1.29 is 14.3 Å². The standard InChI is InChI=1S/C19H18N2O3/c1-21-12-14(16-5-3-4-6-17(16)21)11-18(22)20-15-9-7-13(8-10-15)19(23)24-2/h3-10,12H,11H2,1-2H3,(H,20,22). The first-order valence-electron chi connectivity index (χ1n) is 7.59. The van der Waals surface area contributed by atoms with Crippen LogP contribution in [0.15, 0.2) is 54.7 Å². The number of methoxy groups -OCH3 is 1. The Labute approximate surface area is 139 Å². The van der Waals surface area contributed by atoms with Crippen LogP contribution in [0.25, 0.3) is 10.9 Å². The van der Waals surface area contributed by atoms with Gasteiger partial charge in [-0.15, -0.1) is 0 Å². The summed E-state index contributed by atoms with van der Waals surface area (Å²) in [5.41, 5.74) is 3.18. The number of carbonyl (C=O) groups excluding carboxylic acids is 2. The zero-order valence-electron chi connectivity index (χ0n) is 13.6. The number of anilines is 1. The van der Waals surface area contributed by atoms with Crippen molar-refractivity contribution in [3.8, 4) is 0 Å². The van der Waals surface area contributed by atoms with Crippen molar-refractivity contribution in [3.05, 3.63) is 65.9 Å². The third kappa shape index (κ3) is 3.15. The number of amides is 1. The smallest absolute Gasteiger partial charge is 0.337 e. The third-order valence-electron chi connectivity index (χ3n) is 3.92. The number of fused-ring (bicyclic) bond motifs is 1. The van der Waals surface area contributed by atoms with Gasteiger partial charge < -0.3 is 14.6 Å². The molecule has 122 valence electrons. The first kappa shape index (κ1) is 15.8. The summed E-state index contributed by atoms with van der Waals surface area (Å²) in [5.74, 6) is -0.499. The van der Waals surface area contributed by atoms with E-state index in [1.807, 2.05) is 42.1 Å². The molecule has 0 unspecified atom stereocenters. The molecule has 3 rings (SSSR count). The highest BCUT2D eigenvalue weighted by Crippen LogP contribution is 2.21. The van der Waals surface area contributed by atoms with E-state index in [1.54, 1.807) is 24.3 Å². The normalized spacial score (nSPS) is 10.6. The molecule has 3 aromatic rings.